The van der Waals surface area contributed by atoms with Gasteiger partial charge in [0.25, 0.3) is 5.78 Å². The summed E-state index contributed by atoms with van der Waals surface area (Å²) < 4.78 is 0. The number of halogens is 1. The van der Waals surface area contributed by atoms with Crippen LogP contribution in [0.1, 0.15) is 27.0 Å². The number of hydrogen-bond acceptors (Lipinski definition) is 3. The van der Waals surface area contributed by atoms with Gasteiger partial charge in [0.2, 0.25) is 0 Å². The van der Waals surface area contributed by atoms with Gasteiger partial charge in [0.15, 0.2) is 0 Å². The summed E-state index contributed by atoms with van der Waals surface area (Å²) in [5, 5.41) is 18.7. The Morgan fingerprint density at radius 2 is 1.56 bits per heavy atom. The largest absolute Gasteiger partial charge is 0.507 e. The van der Waals surface area contributed by atoms with Gasteiger partial charge in [0, 0.05) is 5.02 Å². The van der Waals surface area contributed by atoms with E-state index in [1.54, 1.807) is 13.8 Å². The van der Waals surface area contributed by atoms with E-state index >= 15 is 0 Å². The summed E-state index contributed by atoms with van der Waals surface area (Å²) in [6, 6.07) is 0. The van der Waals surface area contributed by atoms with E-state index in [-0.39, 0.29) is 16.9 Å². The zero-order valence-electron chi connectivity index (χ0n) is 9.09. The Balaban J connectivity index is 3.64. The first-order chi connectivity index (χ1) is 7.29. The number of benzene rings is 1. The highest BCUT2D eigenvalue weighted by Gasteiger charge is 2.25. The molecule has 1 aromatic rings. The quantitative estimate of drug-likeness (QED) is 0.616. The fourth-order valence-electron chi connectivity index (χ4n) is 1.48. The lowest BCUT2D eigenvalue weighted by molar-refractivity contribution is -0.131. The lowest BCUT2D eigenvalue weighted by atomic mass is 9.96. The Bertz CT molecular complexity index is 462. The Morgan fingerprint density at radius 1 is 1.06 bits per heavy atom. The van der Waals surface area contributed by atoms with Gasteiger partial charge in [0.1, 0.15) is 5.75 Å². The number of carboxylic acids is 1. The standard InChI is InChI=1S/C11H11ClO4/c1-4-5(2)9(13)7(6(3)8(4)12)10(14)11(15)16/h13H,1-3H3,(H,15,16). The first kappa shape index (κ1) is 12.5. The summed E-state index contributed by atoms with van der Waals surface area (Å²) in [5.41, 5.74) is 1.11. The molecule has 0 heterocycles. The number of aromatic hydroxyl groups is 1. The molecule has 86 valence electrons. The number of hydrogen-bond donors (Lipinski definition) is 2. The number of carbonyl (C=O) groups excluding carboxylic acids is 1. The average Bonchev–Trinajstić information content (AvgIpc) is 2.23. The van der Waals surface area contributed by atoms with Crippen LogP contribution in [0.3, 0.4) is 0 Å². The molecule has 1 rings (SSSR count). The topological polar surface area (TPSA) is 74.6 Å². The zero-order chi connectivity index (χ0) is 12.6. The number of aliphatic carboxylic acids is 1. The van der Waals surface area contributed by atoms with Gasteiger partial charge in [-0.25, -0.2) is 4.79 Å². The number of carboxylic acid groups (broad SMARTS) is 1. The van der Waals surface area contributed by atoms with Gasteiger partial charge in [-0.05, 0) is 37.5 Å². The highest BCUT2D eigenvalue weighted by molar-refractivity contribution is 6.42. The summed E-state index contributed by atoms with van der Waals surface area (Å²) in [7, 11) is 0. The number of phenolic OH excluding ortho intramolecular Hbond substituents is 1. The van der Waals surface area contributed by atoms with E-state index in [0.29, 0.717) is 16.1 Å². The zero-order valence-corrected chi connectivity index (χ0v) is 9.84. The molecule has 5 heteroatoms. The van der Waals surface area contributed by atoms with Crippen LogP contribution < -0.4 is 0 Å². The summed E-state index contributed by atoms with van der Waals surface area (Å²) in [6.45, 7) is 4.78. The Kier molecular flexibility index (Phi) is 3.24. The molecule has 2 N–H and O–H groups in total. The van der Waals surface area contributed by atoms with Gasteiger partial charge in [-0.2, -0.15) is 0 Å². The SMILES string of the molecule is Cc1c(C)c(Cl)c(C)c(C(=O)C(=O)O)c1O. The van der Waals surface area contributed by atoms with Crippen molar-refractivity contribution in [1.29, 1.82) is 0 Å². The molecule has 16 heavy (non-hydrogen) atoms. The molecule has 0 amide bonds. The van der Waals surface area contributed by atoms with Crippen molar-refractivity contribution in [1.82, 2.24) is 0 Å². The molecule has 0 aliphatic heterocycles. The van der Waals surface area contributed by atoms with Crippen LogP contribution in [0.5, 0.6) is 5.75 Å². The molecule has 0 aliphatic rings. The molecule has 0 saturated heterocycles. The second-order valence-electron chi connectivity index (χ2n) is 3.55. The highest BCUT2D eigenvalue weighted by Crippen LogP contribution is 2.35. The predicted molar refractivity (Wildman–Crippen MR) is 59.3 cm³/mol. The number of ketones is 1. The van der Waals surface area contributed by atoms with Crippen molar-refractivity contribution < 1.29 is 19.8 Å². The van der Waals surface area contributed by atoms with Crippen LogP contribution in [0.2, 0.25) is 5.02 Å². The van der Waals surface area contributed by atoms with Crippen LogP contribution in [0, 0.1) is 20.8 Å². The molecule has 0 bridgehead atoms. The number of Topliss-reactive ketones (excluding diaryl/α,β-unsaturated/α-hetero) is 1. The van der Waals surface area contributed by atoms with Gasteiger partial charge in [0.05, 0.1) is 5.56 Å². The first-order valence-electron chi connectivity index (χ1n) is 4.54. The van der Waals surface area contributed by atoms with Crippen LogP contribution in [0.4, 0.5) is 0 Å². The van der Waals surface area contributed by atoms with Gasteiger partial charge in [-0.15, -0.1) is 0 Å². The minimum Gasteiger partial charge on any atom is -0.507 e. The van der Waals surface area contributed by atoms with E-state index in [0.717, 1.165) is 0 Å². The van der Waals surface area contributed by atoms with Crippen LogP contribution in [0.25, 0.3) is 0 Å². The average molecular weight is 243 g/mol. The van der Waals surface area contributed by atoms with E-state index in [1.807, 2.05) is 0 Å². The van der Waals surface area contributed by atoms with Crippen LogP contribution in [0.15, 0.2) is 0 Å². The summed E-state index contributed by atoms with van der Waals surface area (Å²) in [4.78, 5) is 22.0. The Hall–Kier alpha value is -1.55. The van der Waals surface area contributed by atoms with E-state index in [4.69, 9.17) is 16.7 Å². The van der Waals surface area contributed by atoms with Crippen molar-refractivity contribution in [3.63, 3.8) is 0 Å². The number of rotatable bonds is 2. The molecule has 0 atom stereocenters. The second-order valence-corrected chi connectivity index (χ2v) is 3.92. The maximum Gasteiger partial charge on any atom is 0.377 e. The molecule has 1 aromatic carbocycles. The van der Waals surface area contributed by atoms with E-state index in [9.17, 15) is 14.7 Å². The fraction of sp³-hybridized carbons (Fsp3) is 0.273. The first-order valence-corrected chi connectivity index (χ1v) is 4.92. The Morgan fingerprint density at radius 3 is 2.00 bits per heavy atom. The lowest BCUT2D eigenvalue weighted by Gasteiger charge is -2.13. The molecule has 4 nitrogen and oxygen atoms in total. The summed E-state index contributed by atoms with van der Waals surface area (Å²) in [5.74, 6) is -3.08. The van der Waals surface area contributed by atoms with Crippen molar-refractivity contribution in [2.75, 3.05) is 0 Å². The molecule has 0 fully saturated rings. The molecule has 0 aromatic heterocycles. The normalized spacial score (nSPS) is 10.2. The van der Waals surface area contributed by atoms with Gasteiger partial charge >= 0.3 is 5.97 Å². The maximum absolute atomic E-state index is 11.4. The molecule has 0 radical (unpaired) electrons. The minimum absolute atomic E-state index is 0.236. The monoisotopic (exact) mass is 242 g/mol. The van der Waals surface area contributed by atoms with Crippen LogP contribution in [-0.2, 0) is 4.79 Å². The van der Waals surface area contributed by atoms with Crippen LogP contribution in [-0.4, -0.2) is 22.0 Å². The van der Waals surface area contributed by atoms with Gasteiger partial charge < -0.3 is 10.2 Å². The molecule has 0 aliphatic carbocycles. The number of phenols is 1. The number of carbonyl (C=O) groups is 2. The predicted octanol–water partition coefficient (Wildman–Crippen LogP) is 2.24. The van der Waals surface area contributed by atoms with Crippen molar-refractivity contribution in [3.05, 3.63) is 27.3 Å². The van der Waals surface area contributed by atoms with Gasteiger partial charge in [-0.3, -0.25) is 4.79 Å². The van der Waals surface area contributed by atoms with E-state index in [2.05, 4.69) is 0 Å². The fourth-order valence-corrected chi connectivity index (χ4v) is 1.72. The third-order valence-corrected chi connectivity index (χ3v) is 3.18. The van der Waals surface area contributed by atoms with Crippen molar-refractivity contribution in [3.8, 4) is 5.75 Å². The summed E-state index contributed by atoms with van der Waals surface area (Å²) in [6.07, 6.45) is 0. The molecular weight excluding hydrogens is 232 g/mol. The van der Waals surface area contributed by atoms with Crippen LogP contribution >= 0.6 is 11.6 Å². The molecular formula is C11H11ClO4. The van der Waals surface area contributed by atoms with E-state index < -0.39 is 11.8 Å². The molecule has 0 saturated carbocycles. The lowest BCUT2D eigenvalue weighted by Crippen LogP contribution is -2.15. The minimum atomic E-state index is -1.61. The molecule has 0 spiro atoms. The van der Waals surface area contributed by atoms with Gasteiger partial charge in [-0.1, -0.05) is 11.6 Å². The third-order valence-electron chi connectivity index (χ3n) is 2.61. The smallest absolute Gasteiger partial charge is 0.377 e. The van der Waals surface area contributed by atoms with Crippen molar-refractivity contribution in [2.24, 2.45) is 0 Å². The van der Waals surface area contributed by atoms with Crippen molar-refractivity contribution >= 4 is 23.4 Å². The maximum atomic E-state index is 11.4. The molecule has 0 unspecified atom stereocenters. The Labute approximate surface area is 97.5 Å². The third kappa shape index (κ3) is 1.76. The van der Waals surface area contributed by atoms with E-state index in [1.165, 1.54) is 6.92 Å². The highest BCUT2D eigenvalue weighted by atomic mass is 35.5. The second kappa shape index (κ2) is 4.14. The van der Waals surface area contributed by atoms with Crippen molar-refractivity contribution in [2.45, 2.75) is 20.8 Å². The summed E-state index contributed by atoms with van der Waals surface area (Å²) >= 11 is 5.95.